The highest BCUT2D eigenvalue weighted by Gasteiger charge is 2.27. The molecule has 0 saturated carbocycles. The van der Waals surface area contributed by atoms with Gasteiger partial charge in [0.1, 0.15) is 0 Å². The molecular weight excluding hydrogens is 375 g/mol. The molecule has 1 aliphatic heterocycles. The highest BCUT2D eigenvalue weighted by atomic mass is 35.5. The van der Waals surface area contributed by atoms with Gasteiger partial charge in [-0.2, -0.15) is 0 Å². The summed E-state index contributed by atoms with van der Waals surface area (Å²) < 4.78 is 0. The summed E-state index contributed by atoms with van der Waals surface area (Å²) in [6.07, 6.45) is 0. The minimum Gasteiger partial charge on any atom is -0.307 e. The first-order valence-electron chi connectivity index (χ1n) is 7.55. The van der Waals surface area contributed by atoms with Crippen LogP contribution in [0.1, 0.15) is 0 Å². The Kier molecular flexibility index (Phi) is 4.34. The first kappa shape index (κ1) is 16.3. The summed E-state index contributed by atoms with van der Waals surface area (Å²) >= 11 is 13.6. The molecule has 1 heterocycles. The third-order valence-corrected chi connectivity index (χ3v) is 5.68. The van der Waals surface area contributed by atoms with Crippen LogP contribution in [-0.4, -0.2) is 6.03 Å². The molecule has 3 aromatic rings. The van der Waals surface area contributed by atoms with E-state index >= 15 is 0 Å². The molecule has 0 radical (unpaired) electrons. The van der Waals surface area contributed by atoms with Crippen LogP contribution in [0.2, 0.25) is 10.0 Å². The largest absolute Gasteiger partial charge is 0.331 e. The number of nitrogens with one attached hydrogen (secondary N) is 1. The summed E-state index contributed by atoms with van der Waals surface area (Å²) in [5.74, 6) is 0. The second kappa shape index (κ2) is 6.64. The van der Waals surface area contributed by atoms with Crippen LogP contribution in [-0.2, 0) is 0 Å². The van der Waals surface area contributed by atoms with Crippen molar-refractivity contribution in [2.24, 2.45) is 0 Å². The van der Waals surface area contributed by atoms with E-state index < -0.39 is 0 Å². The quantitative estimate of drug-likeness (QED) is 0.496. The van der Waals surface area contributed by atoms with Gasteiger partial charge in [-0.1, -0.05) is 59.2 Å². The Morgan fingerprint density at radius 2 is 1.44 bits per heavy atom. The van der Waals surface area contributed by atoms with Crippen molar-refractivity contribution >= 4 is 58.1 Å². The van der Waals surface area contributed by atoms with Crippen LogP contribution < -0.4 is 10.2 Å². The standard InChI is InChI=1S/C19H12Cl2N2OS/c20-13-10-9-12(11-14(13)21)22-19(24)23-15-5-1-3-7-17(15)25-18-8-4-2-6-16(18)23/h1-11H,(H,22,24). The molecule has 2 amide bonds. The topological polar surface area (TPSA) is 32.3 Å². The van der Waals surface area contributed by atoms with Crippen LogP contribution in [0.5, 0.6) is 0 Å². The van der Waals surface area contributed by atoms with Crippen LogP contribution >= 0.6 is 35.0 Å². The van der Waals surface area contributed by atoms with Crippen molar-refractivity contribution in [3.05, 3.63) is 76.8 Å². The summed E-state index contributed by atoms with van der Waals surface area (Å²) in [6.45, 7) is 0. The third kappa shape index (κ3) is 3.09. The van der Waals surface area contributed by atoms with Crippen molar-refractivity contribution in [2.75, 3.05) is 10.2 Å². The second-order valence-corrected chi connectivity index (χ2v) is 7.33. The zero-order valence-electron chi connectivity index (χ0n) is 12.9. The Bertz CT molecular complexity index is 932. The smallest absolute Gasteiger partial charge is 0.307 e. The molecule has 0 fully saturated rings. The molecule has 1 aliphatic rings. The van der Waals surface area contributed by atoms with E-state index in [2.05, 4.69) is 5.32 Å². The number of carbonyl (C=O) groups is 1. The molecule has 25 heavy (non-hydrogen) atoms. The fourth-order valence-corrected chi connectivity index (χ4v) is 4.03. The Balaban J connectivity index is 1.73. The number of rotatable bonds is 1. The molecule has 4 rings (SSSR count). The second-order valence-electron chi connectivity index (χ2n) is 5.43. The maximum absolute atomic E-state index is 13.0. The van der Waals surface area contributed by atoms with Crippen molar-refractivity contribution < 1.29 is 4.79 Å². The number of hydrogen-bond acceptors (Lipinski definition) is 2. The lowest BCUT2D eigenvalue weighted by Crippen LogP contribution is -2.32. The van der Waals surface area contributed by atoms with Gasteiger partial charge in [0, 0.05) is 15.5 Å². The number of hydrogen-bond donors (Lipinski definition) is 1. The summed E-state index contributed by atoms with van der Waals surface area (Å²) in [6, 6.07) is 20.4. The van der Waals surface area contributed by atoms with Crippen LogP contribution in [0.25, 0.3) is 0 Å². The van der Waals surface area contributed by atoms with Gasteiger partial charge in [-0.3, -0.25) is 4.90 Å². The molecular formula is C19H12Cl2N2OS. The number of fused-ring (bicyclic) bond motifs is 2. The lowest BCUT2D eigenvalue weighted by molar-refractivity contribution is 0.259. The number of nitrogens with zero attached hydrogens (tertiary/aromatic N) is 1. The van der Waals surface area contributed by atoms with E-state index in [9.17, 15) is 4.79 Å². The Hall–Kier alpha value is -2.14. The van der Waals surface area contributed by atoms with Gasteiger partial charge in [-0.15, -0.1) is 0 Å². The summed E-state index contributed by atoms with van der Waals surface area (Å²) in [7, 11) is 0. The molecule has 0 spiro atoms. The van der Waals surface area contributed by atoms with Crippen molar-refractivity contribution in [3.63, 3.8) is 0 Å². The average molecular weight is 387 g/mol. The molecule has 3 aromatic carbocycles. The van der Waals surface area contributed by atoms with Gasteiger partial charge in [-0.05, 0) is 42.5 Å². The summed E-state index contributed by atoms with van der Waals surface area (Å²) in [5.41, 5.74) is 2.29. The number of carbonyl (C=O) groups excluding carboxylic acids is 1. The van der Waals surface area contributed by atoms with Gasteiger partial charge in [0.2, 0.25) is 0 Å². The number of halogens is 2. The van der Waals surface area contributed by atoms with Crippen LogP contribution in [0, 0.1) is 0 Å². The molecule has 0 unspecified atom stereocenters. The fraction of sp³-hybridized carbons (Fsp3) is 0. The Morgan fingerprint density at radius 3 is 2.04 bits per heavy atom. The van der Waals surface area contributed by atoms with Crippen LogP contribution in [0.3, 0.4) is 0 Å². The van der Waals surface area contributed by atoms with Gasteiger partial charge in [-0.25, -0.2) is 4.79 Å². The molecule has 0 aliphatic carbocycles. The molecule has 0 saturated heterocycles. The minimum atomic E-state index is -0.251. The highest BCUT2D eigenvalue weighted by Crippen LogP contribution is 2.48. The number of anilines is 3. The lowest BCUT2D eigenvalue weighted by atomic mass is 10.2. The predicted molar refractivity (Wildman–Crippen MR) is 105 cm³/mol. The van der Waals surface area contributed by atoms with E-state index in [-0.39, 0.29) is 6.03 Å². The molecule has 6 heteroatoms. The van der Waals surface area contributed by atoms with E-state index in [0.29, 0.717) is 15.7 Å². The first-order chi connectivity index (χ1) is 12.1. The van der Waals surface area contributed by atoms with E-state index in [1.54, 1.807) is 34.9 Å². The van der Waals surface area contributed by atoms with E-state index in [0.717, 1.165) is 21.2 Å². The molecule has 0 atom stereocenters. The maximum Gasteiger partial charge on any atom is 0.331 e. The maximum atomic E-state index is 13.0. The Labute approximate surface area is 159 Å². The number of urea groups is 1. The highest BCUT2D eigenvalue weighted by molar-refractivity contribution is 7.99. The van der Waals surface area contributed by atoms with E-state index in [1.165, 1.54) is 0 Å². The normalized spacial score (nSPS) is 12.3. The number of benzene rings is 3. The molecule has 1 N–H and O–H groups in total. The lowest BCUT2D eigenvalue weighted by Gasteiger charge is -2.31. The van der Waals surface area contributed by atoms with Crippen molar-refractivity contribution in [1.82, 2.24) is 0 Å². The van der Waals surface area contributed by atoms with Crippen molar-refractivity contribution in [2.45, 2.75) is 9.79 Å². The van der Waals surface area contributed by atoms with Crippen molar-refractivity contribution in [3.8, 4) is 0 Å². The third-order valence-electron chi connectivity index (χ3n) is 3.81. The fourth-order valence-electron chi connectivity index (χ4n) is 2.68. The minimum absolute atomic E-state index is 0.251. The van der Waals surface area contributed by atoms with Gasteiger partial charge >= 0.3 is 6.03 Å². The summed E-state index contributed by atoms with van der Waals surface area (Å²) in [4.78, 5) is 16.8. The van der Waals surface area contributed by atoms with Gasteiger partial charge < -0.3 is 5.32 Å². The number of para-hydroxylation sites is 2. The number of amides is 2. The average Bonchev–Trinajstić information content (AvgIpc) is 2.62. The van der Waals surface area contributed by atoms with Gasteiger partial charge in [0.05, 0.1) is 21.4 Å². The van der Waals surface area contributed by atoms with Crippen LogP contribution in [0.15, 0.2) is 76.5 Å². The molecule has 124 valence electrons. The monoisotopic (exact) mass is 386 g/mol. The van der Waals surface area contributed by atoms with Gasteiger partial charge in [0.15, 0.2) is 0 Å². The van der Waals surface area contributed by atoms with E-state index in [4.69, 9.17) is 23.2 Å². The van der Waals surface area contributed by atoms with Crippen LogP contribution in [0.4, 0.5) is 21.9 Å². The van der Waals surface area contributed by atoms with Crippen molar-refractivity contribution in [1.29, 1.82) is 0 Å². The zero-order chi connectivity index (χ0) is 17.4. The SMILES string of the molecule is O=C(Nc1ccc(Cl)c(Cl)c1)N1c2ccccc2Sc2ccccc21. The van der Waals surface area contributed by atoms with E-state index in [1.807, 2.05) is 48.5 Å². The summed E-state index contributed by atoms with van der Waals surface area (Å²) in [5, 5.41) is 3.74. The predicted octanol–water partition coefficient (Wildman–Crippen LogP) is 6.83. The van der Waals surface area contributed by atoms with Gasteiger partial charge in [0.25, 0.3) is 0 Å². The zero-order valence-corrected chi connectivity index (χ0v) is 15.2. The molecule has 0 bridgehead atoms. The molecule has 3 nitrogen and oxygen atoms in total. The first-order valence-corrected chi connectivity index (χ1v) is 9.13. The molecule has 0 aromatic heterocycles. The Morgan fingerprint density at radius 1 is 0.840 bits per heavy atom.